The van der Waals surface area contributed by atoms with Gasteiger partial charge in [-0.15, -0.1) is 0 Å². The third-order valence-electron chi connectivity index (χ3n) is 3.34. The fraction of sp³-hybridized carbons (Fsp3) is 0.0556. The van der Waals surface area contributed by atoms with Crippen LogP contribution in [0.1, 0.15) is 5.56 Å². The van der Waals surface area contributed by atoms with Gasteiger partial charge in [0.2, 0.25) is 0 Å². The largest absolute Gasteiger partial charge is 0.256 e. The van der Waals surface area contributed by atoms with Gasteiger partial charge in [0.15, 0.2) is 0 Å². The molecule has 0 fully saturated rings. The SMILES string of the molecule is Cc1cc(-c2ccc(Cl)cc2)ncc1-c1ccccc1. The summed E-state index contributed by atoms with van der Waals surface area (Å²) < 4.78 is 0. The summed E-state index contributed by atoms with van der Waals surface area (Å²) in [6, 6.07) is 20.2. The lowest BCUT2D eigenvalue weighted by Crippen LogP contribution is -1.89. The predicted molar refractivity (Wildman–Crippen MR) is 84.9 cm³/mol. The minimum atomic E-state index is 0.742. The van der Waals surface area contributed by atoms with Crippen molar-refractivity contribution in [3.8, 4) is 22.4 Å². The Kier molecular flexibility index (Phi) is 3.53. The monoisotopic (exact) mass is 279 g/mol. The molecule has 2 heteroatoms. The van der Waals surface area contributed by atoms with Crippen LogP contribution in [0.3, 0.4) is 0 Å². The molecule has 0 bridgehead atoms. The van der Waals surface area contributed by atoms with Crippen LogP contribution in [0.4, 0.5) is 0 Å². The second-order valence-corrected chi connectivity index (χ2v) is 5.19. The van der Waals surface area contributed by atoms with E-state index in [1.54, 1.807) is 0 Å². The fourth-order valence-electron chi connectivity index (χ4n) is 2.25. The van der Waals surface area contributed by atoms with Gasteiger partial charge in [-0.3, -0.25) is 4.98 Å². The molecule has 0 amide bonds. The van der Waals surface area contributed by atoms with Gasteiger partial charge in [0.05, 0.1) is 5.69 Å². The lowest BCUT2D eigenvalue weighted by atomic mass is 10.0. The zero-order valence-electron chi connectivity index (χ0n) is 11.2. The standard InChI is InChI=1S/C18H14ClN/c1-13-11-18(15-7-9-16(19)10-8-15)20-12-17(13)14-5-3-2-4-6-14/h2-12H,1H3. The van der Waals surface area contributed by atoms with Gasteiger partial charge >= 0.3 is 0 Å². The van der Waals surface area contributed by atoms with E-state index in [0.29, 0.717) is 0 Å². The molecule has 1 heterocycles. The average molecular weight is 280 g/mol. The molecule has 0 spiro atoms. The number of aromatic nitrogens is 1. The molecule has 1 nitrogen and oxygen atoms in total. The summed E-state index contributed by atoms with van der Waals surface area (Å²) >= 11 is 5.92. The number of rotatable bonds is 2. The zero-order valence-corrected chi connectivity index (χ0v) is 11.9. The van der Waals surface area contributed by atoms with Gasteiger partial charge in [-0.25, -0.2) is 0 Å². The average Bonchev–Trinajstić information content (AvgIpc) is 2.49. The molecule has 20 heavy (non-hydrogen) atoms. The first kappa shape index (κ1) is 12.9. The first-order chi connectivity index (χ1) is 9.74. The molecule has 3 rings (SSSR count). The quantitative estimate of drug-likeness (QED) is 0.614. The highest BCUT2D eigenvalue weighted by Gasteiger charge is 2.05. The maximum absolute atomic E-state index is 5.92. The minimum absolute atomic E-state index is 0.742. The Balaban J connectivity index is 2.01. The maximum Gasteiger partial charge on any atom is 0.0705 e. The smallest absolute Gasteiger partial charge is 0.0705 e. The van der Waals surface area contributed by atoms with Crippen LogP contribution < -0.4 is 0 Å². The Morgan fingerprint density at radius 2 is 1.55 bits per heavy atom. The van der Waals surface area contributed by atoms with Crippen LogP contribution in [0.2, 0.25) is 5.02 Å². The maximum atomic E-state index is 5.92. The van der Waals surface area contributed by atoms with E-state index in [1.165, 1.54) is 16.7 Å². The van der Waals surface area contributed by atoms with E-state index in [1.807, 2.05) is 48.7 Å². The predicted octanol–water partition coefficient (Wildman–Crippen LogP) is 5.38. The Bertz CT molecular complexity index is 718. The Morgan fingerprint density at radius 3 is 2.20 bits per heavy atom. The van der Waals surface area contributed by atoms with Gasteiger partial charge in [0, 0.05) is 22.3 Å². The molecule has 0 aliphatic heterocycles. The summed E-state index contributed by atoms with van der Waals surface area (Å²) in [5.74, 6) is 0. The van der Waals surface area contributed by atoms with E-state index in [0.717, 1.165) is 16.3 Å². The molecule has 2 aromatic carbocycles. The third kappa shape index (κ3) is 2.59. The summed E-state index contributed by atoms with van der Waals surface area (Å²) in [5.41, 5.74) is 5.63. The molecule has 0 aliphatic rings. The van der Waals surface area contributed by atoms with E-state index in [9.17, 15) is 0 Å². The highest BCUT2D eigenvalue weighted by molar-refractivity contribution is 6.30. The molecule has 0 aliphatic carbocycles. The molecule has 0 unspecified atom stereocenters. The molecule has 1 aromatic heterocycles. The second-order valence-electron chi connectivity index (χ2n) is 4.76. The number of benzene rings is 2. The van der Waals surface area contributed by atoms with Crippen LogP contribution in [0.5, 0.6) is 0 Å². The summed E-state index contributed by atoms with van der Waals surface area (Å²) in [7, 11) is 0. The van der Waals surface area contributed by atoms with Crippen LogP contribution in [0, 0.1) is 6.92 Å². The van der Waals surface area contributed by atoms with Gasteiger partial charge in [0.1, 0.15) is 0 Å². The number of halogens is 1. The molecule has 0 N–H and O–H groups in total. The first-order valence-corrected chi connectivity index (χ1v) is 6.90. The van der Waals surface area contributed by atoms with E-state index >= 15 is 0 Å². The highest BCUT2D eigenvalue weighted by atomic mass is 35.5. The van der Waals surface area contributed by atoms with Crippen molar-refractivity contribution in [3.63, 3.8) is 0 Å². The highest BCUT2D eigenvalue weighted by Crippen LogP contribution is 2.26. The number of pyridine rings is 1. The van der Waals surface area contributed by atoms with Crippen molar-refractivity contribution < 1.29 is 0 Å². The molecule has 3 aromatic rings. The normalized spacial score (nSPS) is 10.5. The van der Waals surface area contributed by atoms with Gasteiger partial charge in [-0.1, -0.05) is 54.1 Å². The lowest BCUT2D eigenvalue weighted by molar-refractivity contribution is 1.29. The van der Waals surface area contributed by atoms with Crippen molar-refractivity contribution >= 4 is 11.6 Å². The van der Waals surface area contributed by atoms with Crippen LogP contribution in [-0.4, -0.2) is 4.98 Å². The Morgan fingerprint density at radius 1 is 0.850 bits per heavy atom. The second kappa shape index (κ2) is 5.48. The van der Waals surface area contributed by atoms with Gasteiger partial charge < -0.3 is 0 Å². The summed E-state index contributed by atoms with van der Waals surface area (Å²) in [6.45, 7) is 2.11. The van der Waals surface area contributed by atoms with Crippen molar-refractivity contribution in [1.29, 1.82) is 0 Å². The Hall–Kier alpha value is -2.12. The number of hydrogen-bond acceptors (Lipinski definition) is 1. The van der Waals surface area contributed by atoms with Crippen molar-refractivity contribution in [2.75, 3.05) is 0 Å². The third-order valence-corrected chi connectivity index (χ3v) is 3.59. The van der Waals surface area contributed by atoms with Crippen LogP contribution >= 0.6 is 11.6 Å². The van der Waals surface area contributed by atoms with Crippen molar-refractivity contribution in [1.82, 2.24) is 4.98 Å². The number of aryl methyl sites for hydroxylation is 1. The molecule has 0 atom stereocenters. The van der Waals surface area contributed by atoms with E-state index in [2.05, 4.69) is 30.1 Å². The van der Waals surface area contributed by atoms with Crippen molar-refractivity contribution in [3.05, 3.63) is 77.4 Å². The van der Waals surface area contributed by atoms with Crippen LogP contribution in [0.25, 0.3) is 22.4 Å². The topological polar surface area (TPSA) is 12.9 Å². The zero-order chi connectivity index (χ0) is 13.9. The Labute approximate surface area is 123 Å². The van der Waals surface area contributed by atoms with Gasteiger partial charge in [0.25, 0.3) is 0 Å². The molecule has 98 valence electrons. The fourth-order valence-corrected chi connectivity index (χ4v) is 2.38. The molecule has 0 saturated carbocycles. The lowest BCUT2D eigenvalue weighted by Gasteiger charge is -2.08. The van der Waals surface area contributed by atoms with Crippen molar-refractivity contribution in [2.24, 2.45) is 0 Å². The molecule has 0 radical (unpaired) electrons. The molecule has 0 saturated heterocycles. The van der Waals surface area contributed by atoms with E-state index in [4.69, 9.17) is 11.6 Å². The summed E-state index contributed by atoms with van der Waals surface area (Å²) in [5, 5.41) is 0.742. The van der Waals surface area contributed by atoms with E-state index < -0.39 is 0 Å². The molecular weight excluding hydrogens is 266 g/mol. The number of hydrogen-bond donors (Lipinski definition) is 0. The van der Waals surface area contributed by atoms with E-state index in [-0.39, 0.29) is 0 Å². The first-order valence-electron chi connectivity index (χ1n) is 6.52. The number of nitrogens with zero attached hydrogens (tertiary/aromatic N) is 1. The molecular formula is C18H14ClN. The van der Waals surface area contributed by atoms with Crippen LogP contribution in [-0.2, 0) is 0 Å². The minimum Gasteiger partial charge on any atom is -0.256 e. The van der Waals surface area contributed by atoms with Gasteiger partial charge in [-0.05, 0) is 36.2 Å². The summed E-state index contributed by atoms with van der Waals surface area (Å²) in [4.78, 5) is 4.57. The van der Waals surface area contributed by atoms with Crippen LogP contribution in [0.15, 0.2) is 66.9 Å². The summed E-state index contributed by atoms with van der Waals surface area (Å²) in [6.07, 6.45) is 1.94. The van der Waals surface area contributed by atoms with Crippen molar-refractivity contribution in [2.45, 2.75) is 6.92 Å². The van der Waals surface area contributed by atoms with Gasteiger partial charge in [-0.2, -0.15) is 0 Å².